The molecular formula is C28H44O2STi. The van der Waals surface area contributed by atoms with Gasteiger partial charge in [0.15, 0.2) is 0 Å². The summed E-state index contributed by atoms with van der Waals surface area (Å²) in [4.78, 5) is 2.35. The van der Waals surface area contributed by atoms with Crippen molar-refractivity contribution >= 4 is 11.8 Å². The molecule has 2 nitrogen and oxygen atoms in total. The van der Waals surface area contributed by atoms with Crippen LogP contribution in [0.4, 0.5) is 0 Å². The van der Waals surface area contributed by atoms with Crippen LogP contribution in [0.2, 0.25) is 0 Å². The molecule has 178 valence electrons. The van der Waals surface area contributed by atoms with Crippen LogP contribution in [0.1, 0.15) is 91.5 Å². The summed E-state index contributed by atoms with van der Waals surface area (Å²) in [5, 5.41) is 16.1. The first-order chi connectivity index (χ1) is 13.9. The van der Waals surface area contributed by atoms with Gasteiger partial charge in [-0.2, -0.15) is 58.7 Å². The largest absolute Gasteiger partial charge is 2.00 e. The third-order valence-electron chi connectivity index (χ3n) is 3.81. The number of hydrogen-bond donors (Lipinski definition) is 2. The number of aliphatic hydroxyl groups is 2. The van der Waals surface area contributed by atoms with Gasteiger partial charge in [0.2, 0.25) is 0 Å². The molecular weight excluding hydrogens is 448 g/mol. The second-order valence-electron chi connectivity index (χ2n) is 10.7. The zero-order valence-electron chi connectivity index (χ0n) is 22.3. The fourth-order valence-corrected chi connectivity index (χ4v) is 3.45. The van der Waals surface area contributed by atoms with E-state index in [1.54, 1.807) is 39.5 Å². The number of aryl methyl sites for hydroxylation is 2. The summed E-state index contributed by atoms with van der Waals surface area (Å²) in [6.45, 7) is 24.6. The topological polar surface area (TPSA) is 40.5 Å². The number of rotatable bonds is 2. The van der Waals surface area contributed by atoms with E-state index in [1.807, 2.05) is 0 Å². The third-order valence-corrected chi connectivity index (χ3v) is 4.69. The molecule has 2 rings (SSSR count). The minimum atomic E-state index is -0.167. The fraction of sp³-hybridized carbons (Fsp3) is 0.571. The minimum absolute atomic E-state index is 0. The zero-order chi connectivity index (χ0) is 24.6. The van der Waals surface area contributed by atoms with Gasteiger partial charge in [0, 0.05) is 12.2 Å². The van der Waals surface area contributed by atoms with Crippen molar-refractivity contribution in [2.75, 3.05) is 0 Å². The van der Waals surface area contributed by atoms with E-state index in [4.69, 9.17) is 10.2 Å². The standard InChI is InChI=1S/C22H28S.2C3H8O.Ti/c1-15-9-17(21(3,4)5)13-19(11-15)23-20-12-16(2)10-18(14-20)22(6,7)8;2*1-3(2)4;/h9-12H,1-8H3;2*3-4H,1-2H3;/q-2;;;+2. The quantitative estimate of drug-likeness (QED) is 0.339. The molecule has 0 saturated heterocycles. The third kappa shape index (κ3) is 15.3. The maximum Gasteiger partial charge on any atom is 2.00 e. The fourth-order valence-electron chi connectivity index (χ4n) is 2.40. The van der Waals surface area contributed by atoms with Crippen molar-refractivity contribution < 1.29 is 31.9 Å². The Morgan fingerprint density at radius 1 is 0.656 bits per heavy atom. The van der Waals surface area contributed by atoms with E-state index in [0.717, 1.165) is 0 Å². The van der Waals surface area contributed by atoms with Crippen molar-refractivity contribution in [3.8, 4) is 0 Å². The Morgan fingerprint density at radius 2 is 0.906 bits per heavy atom. The van der Waals surface area contributed by atoms with Gasteiger partial charge in [-0.15, -0.1) is 21.6 Å². The summed E-state index contributed by atoms with van der Waals surface area (Å²) < 4.78 is 0. The van der Waals surface area contributed by atoms with Crippen LogP contribution < -0.4 is 0 Å². The SMILES string of the molecule is CC(C)O.CC(C)O.Cc1cc(Sc2[c-]c(C(C)(C)C)cc(C)c2)[c-]c(C(C)(C)C)c1.[Ti+2]. The van der Waals surface area contributed by atoms with Crippen LogP contribution in [-0.4, -0.2) is 22.4 Å². The van der Waals surface area contributed by atoms with Crippen molar-refractivity contribution in [3.63, 3.8) is 0 Å². The van der Waals surface area contributed by atoms with Crippen molar-refractivity contribution in [3.05, 3.63) is 58.7 Å². The smallest absolute Gasteiger partial charge is 0.394 e. The van der Waals surface area contributed by atoms with Crippen molar-refractivity contribution in [2.24, 2.45) is 0 Å². The molecule has 0 heterocycles. The van der Waals surface area contributed by atoms with E-state index in [1.165, 1.54) is 32.0 Å². The van der Waals surface area contributed by atoms with Gasteiger partial charge in [0.25, 0.3) is 0 Å². The molecule has 0 unspecified atom stereocenters. The molecule has 0 aliphatic carbocycles. The van der Waals surface area contributed by atoms with Gasteiger partial charge < -0.3 is 10.2 Å². The Labute approximate surface area is 217 Å². The molecule has 0 atom stereocenters. The molecule has 0 bridgehead atoms. The average Bonchev–Trinajstić information content (AvgIpc) is 2.51. The van der Waals surface area contributed by atoms with Crippen LogP contribution in [0.25, 0.3) is 0 Å². The van der Waals surface area contributed by atoms with Crippen molar-refractivity contribution in [2.45, 2.75) is 116 Å². The summed E-state index contributed by atoms with van der Waals surface area (Å²) >= 11 is 1.77. The van der Waals surface area contributed by atoms with E-state index in [0.29, 0.717) is 0 Å². The molecule has 0 radical (unpaired) electrons. The van der Waals surface area contributed by atoms with Gasteiger partial charge in [-0.05, 0) is 38.5 Å². The average molecular weight is 493 g/mol. The monoisotopic (exact) mass is 492 g/mol. The van der Waals surface area contributed by atoms with Crippen molar-refractivity contribution in [1.29, 1.82) is 0 Å². The first-order valence-corrected chi connectivity index (χ1v) is 11.9. The van der Waals surface area contributed by atoms with E-state index in [9.17, 15) is 0 Å². The van der Waals surface area contributed by atoms with Crippen LogP contribution in [0.15, 0.2) is 34.1 Å². The zero-order valence-corrected chi connectivity index (χ0v) is 24.6. The van der Waals surface area contributed by atoms with E-state index >= 15 is 0 Å². The maximum atomic E-state index is 8.06. The van der Waals surface area contributed by atoms with E-state index in [-0.39, 0.29) is 44.8 Å². The number of aliphatic hydroxyl groups excluding tert-OH is 2. The molecule has 0 fully saturated rings. The molecule has 0 spiro atoms. The van der Waals surface area contributed by atoms with Gasteiger partial charge in [0.05, 0.1) is 0 Å². The minimum Gasteiger partial charge on any atom is -0.394 e. The maximum absolute atomic E-state index is 8.06. The Morgan fingerprint density at radius 3 is 1.12 bits per heavy atom. The first kappa shape index (κ1) is 33.6. The Kier molecular flexibility index (Phi) is 15.4. The molecule has 0 aliphatic rings. The van der Waals surface area contributed by atoms with Crippen molar-refractivity contribution in [1.82, 2.24) is 0 Å². The molecule has 0 aliphatic heterocycles. The van der Waals surface area contributed by atoms with Crippen LogP contribution in [-0.2, 0) is 32.5 Å². The normalized spacial score (nSPS) is 11.2. The molecule has 32 heavy (non-hydrogen) atoms. The summed E-state index contributed by atoms with van der Waals surface area (Å²) in [7, 11) is 0. The van der Waals surface area contributed by atoms with Gasteiger partial charge in [-0.25, -0.2) is 0 Å². The Hall–Kier alpha value is -0.576. The molecule has 0 saturated carbocycles. The summed E-state index contributed by atoms with van der Waals surface area (Å²) in [5.41, 5.74) is 5.36. The van der Waals surface area contributed by atoms with Crippen LogP contribution in [0.5, 0.6) is 0 Å². The van der Waals surface area contributed by atoms with Gasteiger partial charge >= 0.3 is 21.7 Å². The number of hydrogen-bond acceptors (Lipinski definition) is 3. The molecule has 2 aromatic rings. The molecule has 0 amide bonds. The molecule has 4 heteroatoms. The number of benzene rings is 2. The van der Waals surface area contributed by atoms with Crippen LogP contribution >= 0.6 is 11.8 Å². The second kappa shape index (κ2) is 14.6. The Balaban J connectivity index is 0. The Bertz CT molecular complexity index is 727. The molecule has 2 aromatic carbocycles. The van der Waals surface area contributed by atoms with Crippen LogP contribution in [0.3, 0.4) is 0 Å². The second-order valence-corrected chi connectivity index (χ2v) is 11.7. The summed E-state index contributed by atoms with van der Waals surface area (Å²) in [5.74, 6) is 0. The molecule has 2 N–H and O–H groups in total. The summed E-state index contributed by atoms with van der Waals surface area (Å²) in [6, 6.07) is 16.1. The van der Waals surface area contributed by atoms with Crippen LogP contribution in [0, 0.1) is 26.0 Å². The molecule has 0 aromatic heterocycles. The van der Waals surface area contributed by atoms with Gasteiger partial charge in [-0.3, -0.25) is 0 Å². The first-order valence-electron chi connectivity index (χ1n) is 11.0. The van der Waals surface area contributed by atoms with E-state index in [2.05, 4.69) is 91.8 Å². The van der Waals surface area contributed by atoms with E-state index < -0.39 is 0 Å². The van der Waals surface area contributed by atoms with Gasteiger partial charge in [-0.1, -0.05) is 55.4 Å². The predicted molar refractivity (Wildman–Crippen MR) is 136 cm³/mol. The summed E-state index contributed by atoms with van der Waals surface area (Å²) in [6.07, 6.45) is -0.333. The predicted octanol–water partition coefficient (Wildman–Crippen LogP) is 7.42. The van der Waals surface area contributed by atoms with Gasteiger partial charge in [0.1, 0.15) is 0 Å².